The molecule has 1 aliphatic heterocycles. The molecule has 7 heteroatoms. The number of pyridine rings is 2. The molecule has 0 saturated carbocycles. The molecule has 4 aromatic rings. The number of fused-ring (bicyclic) bond motifs is 1. The highest BCUT2D eigenvalue weighted by atomic mass is 16.2. The molecule has 0 spiro atoms. The molecule has 3 heterocycles. The number of benzene rings is 2. The largest absolute Gasteiger partial charge is 0.326 e. The molecule has 1 saturated heterocycles. The number of rotatable bonds is 10. The third kappa shape index (κ3) is 7.86. The Morgan fingerprint density at radius 1 is 0.978 bits per heavy atom. The number of urea groups is 1. The van der Waals surface area contributed by atoms with Crippen LogP contribution in [0.3, 0.4) is 0 Å². The minimum atomic E-state index is -0.329. The molecule has 0 radical (unpaired) electrons. The number of carbonyl (C=O) groups is 1. The first kappa shape index (κ1) is 33.0. The van der Waals surface area contributed by atoms with Gasteiger partial charge in [0.15, 0.2) is 0 Å². The zero-order valence-electron chi connectivity index (χ0n) is 28.0. The van der Waals surface area contributed by atoms with E-state index in [0.717, 1.165) is 77.8 Å². The van der Waals surface area contributed by atoms with Crippen molar-refractivity contribution in [1.82, 2.24) is 14.9 Å². The normalized spacial score (nSPS) is 13.3. The molecule has 0 unspecified atom stereocenters. The summed E-state index contributed by atoms with van der Waals surface area (Å²) in [7, 11) is 0. The van der Waals surface area contributed by atoms with E-state index in [4.69, 9.17) is 0 Å². The summed E-state index contributed by atoms with van der Waals surface area (Å²) in [5.74, 6) is 7.04. The van der Waals surface area contributed by atoms with E-state index >= 15 is 0 Å². The smallest absolute Gasteiger partial charge is 0.307 e. The fourth-order valence-corrected chi connectivity index (χ4v) is 6.13. The summed E-state index contributed by atoms with van der Waals surface area (Å²) in [6.07, 6.45) is 6.93. The van der Waals surface area contributed by atoms with Crippen LogP contribution in [-0.2, 0) is 0 Å². The van der Waals surface area contributed by atoms with Gasteiger partial charge < -0.3 is 10.3 Å². The van der Waals surface area contributed by atoms with E-state index in [1.54, 1.807) is 17.2 Å². The van der Waals surface area contributed by atoms with Gasteiger partial charge in [0.25, 0.3) is 5.56 Å². The number of hydrogen-bond acceptors (Lipinski definition) is 4. The lowest BCUT2D eigenvalue weighted by atomic mass is 9.88. The van der Waals surface area contributed by atoms with Crippen LogP contribution in [0.5, 0.6) is 0 Å². The van der Waals surface area contributed by atoms with Crippen molar-refractivity contribution in [2.24, 2.45) is 0 Å². The van der Waals surface area contributed by atoms with Gasteiger partial charge in [-0.15, -0.1) is 0 Å². The lowest BCUT2D eigenvalue weighted by Gasteiger charge is -2.27. The average Bonchev–Trinajstić information content (AvgIpc) is 3.56. The predicted octanol–water partition coefficient (Wildman–Crippen LogP) is 8.51. The molecule has 1 aliphatic rings. The highest BCUT2D eigenvalue weighted by Crippen LogP contribution is 2.38. The topological polar surface area (TPSA) is 81.3 Å². The van der Waals surface area contributed by atoms with Gasteiger partial charge in [0.1, 0.15) is 11.3 Å². The number of aromatic amines is 1. The molecule has 46 heavy (non-hydrogen) atoms. The van der Waals surface area contributed by atoms with Gasteiger partial charge in [-0.2, -0.15) is 0 Å². The standard InChI is InChI=1S/C39H47N5O2/c1-6-7-8-22-44(35-26-31-17-12-18-40-37(31)42-38(35)45)39(46)41-36-33(27(2)3)24-32(25-34(36)28(4)5)30-16-11-14-29(23-30)15-13-21-43-19-9-10-20-43/h11-12,14,16-18,23-28H,6-10,19-22H2,1-5H3,(H,41,46)(H,40,42,45). The fraction of sp³-hybridized carbons (Fsp3) is 0.410. The van der Waals surface area contributed by atoms with Crippen molar-refractivity contribution < 1.29 is 4.79 Å². The average molecular weight is 618 g/mol. The van der Waals surface area contributed by atoms with Gasteiger partial charge in [-0.3, -0.25) is 14.6 Å². The third-order valence-electron chi connectivity index (χ3n) is 8.72. The van der Waals surface area contributed by atoms with E-state index < -0.39 is 0 Å². The maximum absolute atomic E-state index is 14.2. The molecule has 2 N–H and O–H groups in total. The number of hydrogen-bond donors (Lipinski definition) is 2. The second-order valence-electron chi connectivity index (χ2n) is 12.9. The van der Waals surface area contributed by atoms with Crippen LogP contribution in [0.1, 0.15) is 95.2 Å². The Morgan fingerprint density at radius 3 is 2.41 bits per heavy atom. The predicted molar refractivity (Wildman–Crippen MR) is 191 cm³/mol. The van der Waals surface area contributed by atoms with Crippen LogP contribution < -0.4 is 15.8 Å². The Balaban J connectivity index is 1.49. The highest BCUT2D eigenvalue weighted by molar-refractivity contribution is 6.03. The summed E-state index contributed by atoms with van der Waals surface area (Å²) >= 11 is 0. The zero-order chi connectivity index (χ0) is 32.6. The van der Waals surface area contributed by atoms with Crippen LogP contribution in [0.2, 0.25) is 0 Å². The lowest BCUT2D eigenvalue weighted by molar-refractivity contribution is 0.256. The van der Waals surface area contributed by atoms with Gasteiger partial charge >= 0.3 is 6.03 Å². The van der Waals surface area contributed by atoms with Crippen LogP contribution in [0.4, 0.5) is 16.2 Å². The van der Waals surface area contributed by atoms with E-state index in [1.807, 2.05) is 12.1 Å². The van der Waals surface area contributed by atoms with E-state index in [9.17, 15) is 9.59 Å². The van der Waals surface area contributed by atoms with Crippen LogP contribution in [0.15, 0.2) is 65.6 Å². The molecular formula is C39H47N5O2. The van der Waals surface area contributed by atoms with Crippen LogP contribution in [0.25, 0.3) is 22.2 Å². The Morgan fingerprint density at radius 2 is 1.72 bits per heavy atom. The summed E-state index contributed by atoms with van der Waals surface area (Å²) in [6.45, 7) is 14.3. The van der Waals surface area contributed by atoms with Crippen molar-refractivity contribution in [1.29, 1.82) is 0 Å². The third-order valence-corrected chi connectivity index (χ3v) is 8.72. The van der Waals surface area contributed by atoms with Crippen LogP contribution in [0, 0.1) is 11.8 Å². The van der Waals surface area contributed by atoms with E-state index in [0.29, 0.717) is 17.9 Å². The summed E-state index contributed by atoms with van der Waals surface area (Å²) < 4.78 is 0. The lowest BCUT2D eigenvalue weighted by Crippen LogP contribution is -2.39. The molecule has 5 rings (SSSR count). The van der Waals surface area contributed by atoms with E-state index in [2.05, 4.69) is 103 Å². The number of nitrogens with one attached hydrogen (secondary N) is 2. The number of carbonyl (C=O) groups excluding carboxylic acids is 1. The number of unbranched alkanes of at least 4 members (excludes halogenated alkanes) is 2. The molecular weight excluding hydrogens is 570 g/mol. The second-order valence-corrected chi connectivity index (χ2v) is 12.9. The Bertz CT molecular complexity index is 1760. The molecule has 7 nitrogen and oxygen atoms in total. The summed E-state index contributed by atoms with van der Waals surface area (Å²) in [4.78, 5) is 38.6. The van der Waals surface area contributed by atoms with Gasteiger partial charge in [0, 0.05) is 29.4 Å². The number of anilines is 2. The molecule has 2 amide bonds. The van der Waals surface area contributed by atoms with Crippen molar-refractivity contribution in [3.63, 3.8) is 0 Å². The molecule has 1 fully saturated rings. The first-order valence-corrected chi connectivity index (χ1v) is 16.8. The Hall–Kier alpha value is -4.41. The summed E-state index contributed by atoms with van der Waals surface area (Å²) in [5, 5.41) is 4.06. The van der Waals surface area contributed by atoms with Crippen molar-refractivity contribution in [2.45, 2.75) is 78.6 Å². The van der Waals surface area contributed by atoms with Gasteiger partial charge in [-0.1, -0.05) is 71.4 Å². The summed E-state index contributed by atoms with van der Waals surface area (Å²) in [6, 6.07) is 18.0. The van der Waals surface area contributed by atoms with Crippen molar-refractivity contribution in [3.8, 4) is 23.0 Å². The van der Waals surface area contributed by atoms with Crippen molar-refractivity contribution in [2.75, 3.05) is 36.4 Å². The minimum absolute atomic E-state index is 0.153. The molecule has 0 bridgehead atoms. The molecule has 2 aromatic heterocycles. The number of aromatic nitrogens is 2. The fourth-order valence-electron chi connectivity index (χ4n) is 6.13. The van der Waals surface area contributed by atoms with E-state index in [1.165, 1.54) is 12.8 Å². The SMILES string of the molecule is CCCCCN(C(=O)Nc1c(C(C)C)cc(-c2cccc(C#CCN3CCCC3)c2)cc1C(C)C)c1cc2cccnc2[nH]c1=O. The van der Waals surface area contributed by atoms with Crippen molar-refractivity contribution >= 4 is 28.4 Å². The monoisotopic (exact) mass is 617 g/mol. The number of nitrogens with zero attached hydrogens (tertiary/aromatic N) is 3. The zero-order valence-corrected chi connectivity index (χ0v) is 28.0. The quantitative estimate of drug-likeness (QED) is 0.138. The van der Waals surface area contributed by atoms with Gasteiger partial charge in [-0.25, -0.2) is 9.78 Å². The molecule has 240 valence electrons. The second kappa shape index (κ2) is 15.2. The van der Waals surface area contributed by atoms with Gasteiger partial charge in [0.05, 0.1) is 6.54 Å². The maximum atomic E-state index is 14.2. The minimum Gasteiger partial charge on any atom is -0.307 e. The maximum Gasteiger partial charge on any atom is 0.326 e. The number of amides is 2. The number of H-pyrrole nitrogens is 1. The van der Waals surface area contributed by atoms with Crippen molar-refractivity contribution in [3.05, 3.63) is 87.8 Å². The first-order chi connectivity index (χ1) is 22.2. The van der Waals surface area contributed by atoms with Gasteiger partial charge in [0.2, 0.25) is 0 Å². The Kier molecular flexibility index (Phi) is 10.9. The molecule has 2 aromatic carbocycles. The van der Waals surface area contributed by atoms with Crippen LogP contribution >= 0.6 is 0 Å². The van der Waals surface area contributed by atoms with Crippen LogP contribution in [-0.4, -0.2) is 47.1 Å². The molecule has 0 atom stereocenters. The number of likely N-dealkylation sites (tertiary alicyclic amines) is 1. The highest BCUT2D eigenvalue weighted by Gasteiger charge is 2.24. The first-order valence-electron chi connectivity index (χ1n) is 16.8. The summed E-state index contributed by atoms with van der Waals surface area (Å²) in [5.41, 5.74) is 6.65. The van der Waals surface area contributed by atoms with E-state index in [-0.39, 0.29) is 23.4 Å². The molecule has 0 aliphatic carbocycles. The van der Waals surface area contributed by atoms with Gasteiger partial charge in [-0.05, 0) is 109 Å². The Labute approximate surface area is 273 Å².